The van der Waals surface area contributed by atoms with Crippen LogP contribution in [0.15, 0.2) is 24.3 Å². The number of alkyl halides is 6. The van der Waals surface area contributed by atoms with E-state index in [2.05, 4.69) is 0 Å². The van der Waals surface area contributed by atoms with Crippen molar-refractivity contribution in [3.63, 3.8) is 0 Å². The molecule has 0 radical (unpaired) electrons. The fourth-order valence-electron chi connectivity index (χ4n) is 2.07. The summed E-state index contributed by atoms with van der Waals surface area (Å²) in [5, 5.41) is 10.5. The summed E-state index contributed by atoms with van der Waals surface area (Å²) in [4.78, 5) is 22.7. The lowest BCUT2D eigenvalue weighted by Gasteiger charge is -2.19. The lowest BCUT2D eigenvalue weighted by atomic mass is 9.98. The average Bonchev–Trinajstić information content (AvgIpc) is 2.44. The van der Waals surface area contributed by atoms with Crippen LogP contribution in [0.25, 0.3) is 0 Å². The number of halogens is 6. The minimum atomic E-state index is -4.79. The van der Waals surface area contributed by atoms with Gasteiger partial charge in [0.1, 0.15) is 6.04 Å². The summed E-state index contributed by atoms with van der Waals surface area (Å²) in [6.07, 6.45) is -11.3. The highest BCUT2D eigenvalue weighted by molar-refractivity contribution is 5.85. The molecule has 2 unspecified atom stereocenters. The van der Waals surface area contributed by atoms with E-state index in [9.17, 15) is 35.9 Å². The largest absolute Gasteiger partial charge is 0.480 e. The minimum Gasteiger partial charge on any atom is -0.480 e. The van der Waals surface area contributed by atoms with E-state index in [1.54, 1.807) is 5.32 Å². The molecule has 1 aromatic carbocycles. The molecule has 0 saturated heterocycles. The lowest BCUT2D eigenvalue weighted by Crippen LogP contribution is -2.45. The van der Waals surface area contributed by atoms with Gasteiger partial charge in [-0.05, 0) is 18.1 Å². The Morgan fingerprint density at radius 1 is 1.16 bits per heavy atom. The minimum absolute atomic E-state index is 0.153. The zero-order valence-corrected chi connectivity index (χ0v) is 12.9. The van der Waals surface area contributed by atoms with Gasteiger partial charge in [0.25, 0.3) is 0 Å². The Balaban J connectivity index is 2.78. The Hall–Kier alpha value is -2.26. The Kier molecular flexibility index (Phi) is 6.44. The number of carboxylic acids is 1. The third kappa shape index (κ3) is 7.02. The number of benzene rings is 1. The summed E-state index contributed by atoms with van der Waals surface area (Å²) in [6, 6.07) is 2.00. The Morgan fingerprint density at radius 2 is 1.76 bits per heavy atom. The van der Waals surface area contributed by atoms with Crippen LogP contribution in [0, 0.1) is 5.92 Å². The molecule has 0 aliphatic carbocycles. The molecule has 0 saturated carbocycles. The molecule has 0 fully saturated rings. The molecule has 140 valence electrons. The van der Waals surface area contributed by atoms with Gasteiger partial charge in [-0.15, -0.1) is 0 Å². The number of amides is 1. The Labute approximate surface area is 138 Å². The molecule has 1 rings (SSSR count). The van der Waals surface area contributed by atoms with Crippen molar-refractivity contribution in [2.75, 3.05) is 0 Å². The second kappa shape index (κ2) is 7.75. The van der Waals surface area contributed by atoms with Crippen LogP contribution in [0.3, 0.4) is 0 Å². The first-order chi connectivity index (χ1) is 11.3. The van der Waals surface area contributed by atoms with E-state index in [-0.39, 0.29) is 12.0 Å². The van der Waals surface area contributed by atoms with Gasteiger partial charge in [0.05, 0.1) is 12.0 Å². The molecule has 2 atom stereocenters. The van der Waals surface area contributed by atoms with Crippen molar-refractivity contribution in [1.82, 2.24) is 5.32 Å². The highest BCUT2D eigenvalue weighted by Gasteiger charge is 2.37. The lowest BCUT2D eigenvalue weighted by molar-refractivity contribution is -0.160. The molecule has 10 heteroatoms. The maximum atomic E-state index is 12.6. The van der Waals surface area contributed by atoms with E-state index in [4.69, 9.17) is 5.11 Å². The van der Waals surface area contributed by atoms with Crippen molar-refractivity contribution < 1.29 is 41.0 Å². The first-order valence-corrected chi connectivity index (χ1v) is 7.05. The first-order valence-electron chi connectivity index (χ1n) is 7.05. The van der Waals surface area contributed by atoms with Crippen LogP contribution < -0.4 is 5.32 Å². The molecule has 1 aromatic rings. The predicted octanol–water partition coefficient (Wildman–Crippen LogP) is 3.41. The second-order valence-electron chi connectivity index (χ2n) is 5.52. The zero-order chi connectivity index (χ0) is 19.4. The molecule has 4 nitrogen and oxygen atoms in total. The normalized spacial score (nSPS) is 14.7. The predicted molar refractivity (Wildman–Crippen MR) is 74.6 cm³/mol. The Morgan fingerprint density at radius 3 is 2.24 bits per heavy atom. The molecule has 0 aliphatic heterocycles. The van der Waals surface area contributed by atoms with Crippen LogP contribution in [0.4, 0.5) is 26.3 Å². The van der Waals surface area contributed by atoms with Gasteiger partial charge in [0.15, 0.2) is 0 Å². The number of carboxylic acid groups (broad SMARTS) is 1. The third-order valence-electron chi connectivity index (χ3n) is 3.29. The van der Waals surface area contributed by atoms with Gasteiger partial charge >= 0.3 is 18.3 Å². The van der Waals surface area contributed by atoms with E-state index in [0.717, 1.165) is 18.2 Å². The maximum Gasteiger partial charge on any atom is 0.416 e. The summed E-state index contributed by atoms with van der Waals surface area (Å²) in [6.45, 7) is 1.28. The van der Waals surface area contributed by atoms with Gasteiger partial charge in [0, 0.05) is 5.92 Å². The standard InChI is InChI=1S/C15H15F6NO3/c1-8(5-9-3-2-4-10(6-9)15(19,20)21)12(23)22-11(13(24)25)7-14(16,17)18/h2-4,6,8,11H,5,7H2,1H3,(H,22,23)(H,24,25). The van der Waals surface area contributed by atoms with Gasteiger partial charge in [-0.1, -0.05) is 25.1 Å². The summed E-state index contributed by atoms with van der Waals surface area (Å²) in [7, 11) is 0. The van der Waals surface area contributed by atoms with E-state index in [0.29, 0.717) is 0 Å². The van der Waals surface area contributed by atoms with Crippen molar-refractivity contribution in [2.24, 2.45) is 5.92 Å². The number of hydrogen-bond acceptors (Lipinski definition) is 2. The van der Waals surface area contributed by atoms with E-state index in [1.165, 1.54) is 13.0 Å². The quantitative estimate of drug-likeness (QED) is 0.754. The smallest absolute Gasteiger partial charge is 0.416 e. The highest BCUT2D eigenvalue weighted by atomic mass is 19.4. The Bertz CT molecular complexity index is 626. The van der Waals surface area contributed by atoms with Crippen LogP contribution in [0.2, 0.25) is 0 Å². The highest BCUT2D eigenvalue weighted by Crippen LogP contribution is 2.30. The molecule has 2 N–H and O–H groups in total. The van der Waals surface area contributed by atoms with Crippen LogP contribution in [-0.2, 0) is 22.2 Å². The van der Waals surface area contributed by atoms with Crippen molar-refractivity contribution in [1.29, 1.82) is 0 Å². The van der Waals surface area contributed by atoms with Gasteiger partial charge in [-0.3, -0.25) is 4.79 Å². The van der Waals surface area contributed by atoms with Crippen LogP contribution in [0.1, 0.15) is 24.5 Å². The number of carbonyl (C=O) groups is 2. The summed E-state index contributed by atoms with van der Waals surface area (Å²) >= 11 is 0. The molecular weight excluding hydrogens is 356 g/mol. The number of rotatable bonds is 6. The maximum absolute atomic E-state index is 12.6. The third-order valence-corrected chi connectivity index (χ3v) is 3.29. The number of aliphatic carboxylic acids is 1. The molecule has 0 aromatic heterocycles. The molecule has 25 heavy (non-hydrogen) atoms. The van der Waals surface area contributed by atoms with Gasteiger partial charge in [-0.2, -0.15) is 26.3 Å². The fourth-order valence-corrected chi connectivity index (χ4v) is 2.07. The van der Waals surface area contributed by atoms with Crippen molar-refractivity contribution in [3.05, 3.63) is 35.4 Å². The summed E-state index contributed by atoms with van der Waals surface area (Å²) in [5.41, 5.74) is -0.765. The summed E-state index contributed by atoms with van der Waals surface area (Å²) in [5.74, 6) is -3.86. The van der Waals surface area contributed by atoms with Crippen LogP contribution in [0.5, 0.6) is 0 Å². The molecule has 0 bridgehead atoms. The first kappa shape index (κ1) is 20.8. The monoisotopic (exact) mass is 371 g/mol. The number of hydrogen-bond donors (Lipinski definition) is 2. The molecule has 0 aliphatic rings. The summed E-state index contributed by atoms with van der Waals surface area (Å²) < 4.78 is 74.8. The molecule has 1 amide bonds. The molecule has 0 spiro atoms. The van der Waals surface area contributed by atoms with Gasteiger partial charge in [0.2, 0.25) is 5.91 Å². The van der Waals surface area contributed by atoms with Crippen molar-refractivity contribution in [3.8, 4) is 0 Å². The van der Waals surface area contributed by atoms with Crippen LogP contribution in [-0.4, -0.2) is 29.2 Å². The van der Waals surface area contributed by atoms with E-state index < -0.39 is 48.2 Å². The molecular formula is C15H15F6NO3. The topological polar surface area (TPSA) is 66.4 Å². The number of nitrogens with one attached hydrogen (secondary N) is 1. The number of carbonyl (C=O) groups excluding carboxylic acids is 1. The van der Waals surface area contributed by atoms with E-state index >= 15 is 0 Å². The molecule has 0 heterocycles. The van der Waals surface area contributed by atoms with Crippen molar-refractivity contribution >= 4 is 11.9 Å². The fraction of sp³-hybridized carbons (Fsp3) is 0.467. The van der Waals surface area contributed by atoms with E-state index in [1.807, 2.05) is 0 Å². The zero-order valence-electron chi connectivity index (χ0n) is 12.9. The SMILES string of the molecule is CC(Cc1cccc(C(F)(F)F)c1)C(=O)NC(CC(F)(F)F)C(=O)O. The second-order valence-corrected chi connectivity index (χ2v) is 5.52. The van der Waals surface area contributed by atoms with Gasteiger partial charge < -0.3 is 10.4 Å². The van der Waals surface area contributed by atoms with Crippen LogP contribution >= 0.6 is 0 Å². The van der Waals surface area contributed by atoms with Crippen molar-refractivity contribution in [2.45, 2.75) is 38.2 Å². The average molecular weight is 371 g/mol. The van der Waals surface area contributed by atoms with Gasteiger partial charge in [-0.25, -0.2) is 4.79 Å².